The number of hydrogen-bond donors (Lipinski definition) is 1. The summed E-state index contributed by atoms with van der Waals surface area (Å²) in [6, 6.07) is 5.37. The molecule has 0 radical (unpaired) electrons. The normalized spacial score (nSPS) is 35.0. The van der Waals surface area contributed by atoms with Gasteiger partial charge >= 0.3 is 5.97 Å². The lowest BCUT2D eigenvalue weighted by atomic mass is 9.74. The monoisotopic (exact) mass is 482 g/mol. The van der Waals surface area contributed by atoms with E-state index in [4.69, 9.17) is 14.2 Å². The van der Waals surface area contributed by atoms with E-state index in [1.807, 2.05) is 18.2 Å². The molecule has 4 heterocycles. The number of aliphatic hydroxyl groups is 1. The fourth-order valence-corrected chi connectivity index (χ4v) is 5.98. The first-order chi connectivity index (χ1) is 16.8. The van der Waals surface area contributed by atoms with E-state index >= 15 is 0 Å². The van der Waals surface area contributed by atoms with Crippen LogP contribution in [-0.4, -0.2) is 77.9 Å². The van der Waals surface area contributed by atoms with Gasteiger partial charge in [-0.25, -0.2) is 0 Å². The molecule has 0 bridgehead atoms. The Bertz CT molecular complexity index is 1100. The van der Waals surface area contributed by atoms with Gasteiger partial charge in [-0.05, 0) is 44.5 Å². The minimum absolute atomic E-state index is 0.218. The number of rotatable bonds is 4. The van der Waals surface area contributed by atoms with Crippen LogP contribution in [0.2, 0.25) is 0 Å². The van der Waals surface area contributed by atoms with Crippen LogP contribution in [0.25, 0.3) is 0 Å². The van der Waals surface area contributed by atoms with Gasteiger partial charge in [0, 0.05) is 12.2 Å². The molecule has 1 aromatic rings. The maximum absolute atomic E-state index is 14.2. The van der Waals surface area contributed by atoms with E-state index in [0.717, 1.165) is 0 Å². The lowest BCUT2D eigenvalue weighted by Gasteiger charge is -2.39. The number of anilines is 1. The molecule has 9 nitrogen and oxygen atoms in total. The third kappa shape index (κ3) is 3.40. The highest BCUT2D eigenvalue weighted by molar-refractivity contribution is 6.05. The zero-order chi connectivity index (χ0) is 25.0. The van der Waals surface area contributed by atoms with Crippen molar-refractivity contribution >= 4 is 23.5 Å². The first-order valence-electron chi connectivity index (χ1n) is 11.9. The van der Waals surface area contributed by atoms with E-state index in [2.05, 4.69) is 0 Å². The van der Waals surface area contributed by atoms with Gasteiger partial charge in [0.1, 0.15) is 23.3 Å². The van der Waals surface area contributed by atoms with Crippen LogP contribution < -0.4 is 9.64 Å². The molecule has 0 aromatic heterocycles. The van der Waals surface area contributed by atoms with Gasteiger partial charge in [-0.2, -0.15) is 0 Å². The molecule has 1 N–H and O–H groups in total. The summed E-state index contributed by atoms with van der Waals surface area (Å²) >= 11 is 0. The van der Waals surface area contributed by atoms with Gasteiger partial charge in [0.25, 0.3) is 5.91 Å². The smallest absolute Gasteiger partial charge is 0.313 e. The molecule has 4 aliphatic rings. The lowest BCUT2D eigenvalue weighted by Crippen LogP contribution is -2.58. The topological polar surface area (TPSA) is 106 Å². The van der Waals surface area contributed by atoms with Crippen molar-refractivity contribution in [1.82, 2.24) is 4.90 Å². The van der Waals surface area contributed by atoms with Crippen LogP contribution in [0.4, 0.5) is 5.69 Å². The van der Waals surface area contributed by atoms with Gasteiger partial charge in [0.2, 0.25) is 5.91 Å². The summed E-state index contributed by atoms with van der Waals surface area (Å²) in [6.45, 7) is 3.59. The molecule has 6 atom stereocenters. The van der Waals surface area contributed by atoms with Crippen molar-refractivity contribution < 1.29 is 33.7 Å². The second-order valence-corrected chi connectivity index (χ2v) is 9.68. The average molecular weight is 483 g/mol. The number of hydrogen-bond acceptors (Lipinski definition) is 7. The number of likely N-dealkylation sites (tertiary alicyclic amines) is 1. The van der Waals surface area contributed by atoms with Gasteiger partial charge in [-0.3, -0.25) is 14.4 Å². The third-order valence-corrected chi connectivity index (χ3v) is 7.58. The van der Waals surface area contributed by atoms with Gasteiger partial charge in [0.15, 0.2) is 0 Å². The number of carbonyl (C=O) groups excluding carboxylic acids is 3. The van der Waals surface area contributed by atoms with Crippen molar-refractivity contribution in [2.24, 2.45) is 11.8 Å². The summed E-state index contributed by atoms with van der Waals surface area (Å²) < 4.78 is 17.4. The number of cyclic esters (lactones) is 1. The number of amides is 2. The standard InChI is InChI=1S/C26H30N2O7/c1-16(15-29)28-21-23(31)27(17-7-9-18(33-3)10-8-17)13-6-12-26(21)19(22(28)30)20-24(32)34-14-5-4-11-25(20,2)35-26/h4,6-12,16,19-21,29H,5,13-15H2,1-3H3/t16-,19+,20+,21?,25-,26+/m1/s1. The number of aliphatic hydroxyl groups excluding tert-OH is 1. The zero-order valence-electron chi connectivity index (χ0n) is 20.0. The number of methoxy groups -OCH3 is 1. The Morgan fingerprint density at radius 1 is 1.11 bits per heavy atom. The number of fused-ring (bicyclic) bond motifs is 2. The largest absolute Gasteiger partial charge is 0.497 e. The zero-order valence-corrected chi connectivity index (χ0v) is 20.0. The molecule has 4 aliphatic heterocycles. The Morgan fingerprint density at radius 3 is 2.54 bits per heavy atom. The Hall–Kier alpha value is -3.17. The van der Waals surface area contributed by atoms with E-state index < -0.39 is 47.0 Å². The highest BCUT2D eigenvalue weighted by atomic mass is 16.6. The first-order valence-corrected chi connectivity index (χ1v) is 11.9. The number of benzene rings is 1. The summed E-state index contributed by atoms with van der Waals surface area (Å²) in [5, 5.41) is 9.98. The average Bonchev–Trinajstić information content (AvgIpc) is 3.17. The van der Waals surface area contributed by atoms with Crippen LogP contribution in [0.5, 0.6) is 5.75 Å². The summed E-state index contributed by atoms with van der Waals surface area (Å²) in [7, 11) is 1.57. The summed E-state index contributed by atoms with van der Waals surface area (Å²) in [4.78, 5) is 44.3. The Morgan fingerprint density at radius 2 is 1.86 bits per heavy atom. The maximum atomic E-state index is 14.2. The molecule has 2 amide bonds. The molecule has 2 saturated heterocycles. The van der Waals surface area contributed by atoms with E-state index in [0.29, 0.717) is 17.9 Å². The minimum Gasteiger partial charge on any atom is -0.497 e. The fraction of sp³-hybridized carbons (Fsp3) is 0.500. The highest BCUT2D eigenvalue weighted by Gasteiger charge is 2.75. The van der Waals surface area contributed by atoms with Crippen molar-refractivity contribution in [1.29, 1.82) is 0 Å². The molecular formula is C26H30N2O7. The van der Waals surface area contributed by atoms with Crippen molar-refractivity contribution in [3.05, 3.63) is 48.6 Å². The van der Waals surface area contributed by atoms with Crippen LogP contribution in [0.1, 0.15) is 20.3 Å². The molecule has 35 heavy (non-hydrogen) atoms. The van der Waals surface area contributed by atoms with E-state index in [-0.39, 0.29) is 25.7 Å². The summed E-state index contributed by atoms with van der Waals surface area (Å²) in [5.41, 5.74) is -1.87. The van der Waals surface area contributed by atoms with Crippen LogP contribution >= 0.6 is 0 Å². The molecule has 0 aliphatic carbocycles. The van der Waals surface area contributed by atoms with Gasteiger partial charge in [0.05, 0.1) is 37.9 Å². The predicted octanol–water partition coefficient (Wildman–Crippen LogP) is 1.45. The second kappa shape index (κ2) is 8.49. The fourth-order valence-electron chi connectivity index (χ4n) is 5.98. The molecule has 1 aromatic carbocycles. The molecule has 186 valence electrons. The molecule has 2 fully saturated rings. The number of carbonyl (C=O) groups is 3. The molecule has 1 unspecified atom stereocenters. The number of esters is 1. The van der Waals surface area contributed by atoms with Crippen molar-refractivity contribution in [3.8, 4) is 5.75 Å². The van der Waals surface area contributed by atoms with Gasteiger partial charge in [-0.1, -0.05) is 24.3 Å². The Balaban J connectivity index is 1.64. The van der Waals surface area contributed by atoms with Gasteiger partial charge < -0.3 is 29.1 Å². The van der Waals surface area contributed by atoms with Crippen molar-refractivity contribution in [2.45, 2.75) is 43.6 Å². The Labute approximate surface area is 203 Å². The van der Waals surface area contributed by atoms with E-state index in [9.17, 15) is 19.5 Å². The SMILES string of the molecule is COc1ccc(N2CC=C[C@]34O[C@]5(C)C=CCCOC(=O)[C@@H]5[C@H]3C(=O)N([C@H](C)CO)C4C2=O)cc1. The van der Waals surface area contributed by atoms with Gasteiger partial charge in [-0.15, -0.1) is 0 Å². The predicted molar refractivity (Wildman–Crippen MR) is 126 cm³/mol. The van der Waals surface area contributed by atoms with Crippen molar-refractivity contribution in [2.75, 3.05) is 31.8 Å². The first kappa shape index (κ1) is 23.6. The second-order valence-electron chi connectivity index (χ2n) is 9.68. The molecular weight excluding hydrogens is 452 g/mol. The number of ether oxygens (including phenoxy) is 3. The third-order valence-electron chi connectivity index (χ3n) is 7.58. The number of nitrogens with zero attached hydrogens (tertiary/aromatic N) is 2. The molecule has 5 rings (SSSR count). The van der Waals surface area contributed by atoms with Crippen LogP contribution in [-0.2, 0) is 23.9 Å². The van der Waals surface area contributed by atoms with Crippen molar-refractivity contribution in [3.63, 3.8) is 0 Å². The quantitative estimate of drug-likeness (QED) is 0.512. The van der Waals surface area contributed by atoms with E-state index in [1.165, 1.54) is 4.90 Å². The highest BCUT2D eigenvalue weighted by Crippen LogP contribution is 2.57. The summed E-state index contributed by atoms with van der Waals surface area (Å²) in [5.74, 6) is -2.48. The lowest BCUT2D eigenvalue weighted by molar-refractivity contribution is -0.160. The maximum Gasteiger partial charge on any atom is 0.313 e. The van der Waals surface area contributed by atoms with Crippen LogP contribution in [0.3, 0.4) is 0 Å². The summed E-state index contributed by atoms with van der Waals surface area (Å²) in [6.07, 6.45) is 7.83. The minimum atomic E-state index is -1.38. The van der Waals surface area contributed by atoms with Crippen LogP contribution in [0.15, 0.2) is 48.6 Å². The molecule has 0 saturated carbocycles. The Kier molecular flexibility index (Phi) is 5.72. The van der Waals surface area contributed by atoms with Crippen LogP contribution in [0, 0.1) is 11.8 Å². The molecule has 9 heteroatoms. The van der Waals surface area contributed by atoms with E-state index in [1.54, 1.807) is 56.2 Å². The molecule has 1 spiro atoms.